The Morgan fingerprint density at radius 2 is 1.94 bits per heavy atom. The Balaban J connectivity index is 1.60. The topological polar surface area (TPSA) is 161 Å². The van der Waals surface area contributed by atoms with E-state index in [-0.39, 0.29) is 30.0 Å². The van der Waals surface area contributed by atoms with Crippen LogP contribution in [0.15, 0.2) is 33.9 Å². The predicted octanol–water partition coefficient (Wildman–Crippen LogP) is -0.819. The first kappa shape index (κ1) is 21.5. The van der Waals surface area contributed by atoms with Crippen LogP contribution in [0.2, 0.25) is 0 Å². The van der Waals surface area contributed by atoms with Gasteiger partial charge in [-0.1, -0.05) is 0 Å². The number of benzene rings is 1. The Kier molecular flexibility index (Phi) is 5.92. The van der Waals surface area contributed by atoms with Crippen LogP contribution >= 0.6 is 0 Å². The highest BCUT2D eigenvalue weighted by molar-refractivity contribution is 5.74. The lowest BCUT2D eigenvalue weighted by Crippen LogP contribution is -2.45. The molecule has 1 fully saturated rings. The second-order valence-electron chi connectivity index (χ2n) is 7.47. The maximum absolute atomic E-state index is 12.6. The van der Waals surface area contributed by atoms with Crippen LogP contribution in [0.5, 0.6) is 5.75 Å². The molecular formula is C19H23N7O6. The van der Waals surface area contributed by atoms with Gasteiger partial charge in [0.2, 0.25) is 5.95 Å². The number of piperazine rings is 1. The van der Waals surface area contributed by atoms with Gasteiger partial charge in [0.1, 0.15) is 18.5 Å². The maximum atomic E-state index is 12.6. The first-order valence-electron chi connectivity index (χ1n) is 10.1. The molecule has 0 radical (unpaired) electrons. The average molecular weight is 445 g/mol. The molecule has 13 heteroatoms. The molecule has 0 unspecified atom stereocenters. The number of H-pyrrole nitrogens is 1. The van der Waals surface area contributed by atoms with E-state index in [1.165, 1.54) is 35.9 Å². The summed E-state index contributed by atoms with van der Waals surface area (Å²) in [5.74, 6) is 0.857. The maximum Gasteiger partial charge on any atom is 0.329 e. The molecule has 2 aromatic heterocycles. The number of aromatic nitrogens is 4. The van der Waals surface area contributed by atoms with Crippen LogP contribution in [0.25, 0.3) is 11.2 Å². The molecule has 4 rings (SSSR count). The highest BCUT2D eigenvalue weighted by Crippen LogP contribution is 2.21. The second-order valence-corrected chi connectivity index (χ2v) is 7.47. The van der Waals surface area contributed by atoms with Gasteiger partial charge in [0.05, 0.1) is 11.5 Å². The number of rotatable bonds is 7. The molecule has 3 aromatic rings. The number of ether oxygens (including phenoxy) is 1. The first-order chi connectivity index (χ1) is 15.3. The molecule has 0 spiro atoms. The van der Waals surface area contributed by atoms with Crippen molar-refractivity contribution in [2.45, 2.75) is 12.6 Å². The Morgan fingerprint density at radius 3 is 2.59 bits per heavy atom. The molecule has 0 aliphatic carbocycles. The minimum absolute atomic E-state index is 0.00400. The fraction of sp³-hybridized carbons (Fsp3) is 0.421. The Bertz CT molecular complexity index is 1240. The summed E-state index contributed by atoms with van der Waals surface area (Å²) < 4.78 is 8.41. The zero-order valence-corrected chi connectivity index (χ0v) is 17.4. The van der Waals surface area contributed by atoms with Gasteiger partial charge in [-0.15, -0.1) is 0 Å². The number of aromatic amines is 1. The minimum Gasteiger partial charge on any atom is -0.491 e. The lowest BCUT2D eigenvalue weighted by atomic mass is 10.3. The predicted molar refractivity (Wildman–Crippen MR) is 115 cm³/mol. The second kappa shape index (κ2) is 8.80. The van der Waals surface area contributed by atoms with Gasteiger partial charge in [-0.3, -0.25) is 24.5 Å². The summed E-state index contributed by atoms with van der Waals surface area (Å²) in [5, 5.41) is 24.6. The normalized spacial score (nSPS) is 15.1. The van der Waals surface area contributed by atoms with E-state index in [9.17, 15) is 24.8 Å². The van der Waals surface area contributed by atoms with Crippen molar-refractivity contribution in [1.29, 1.82) is 0 Å². The van der Waals surface area contributed by atoms with Gasteiger partial charge in [-0.25, -0.2) is 4.79 Å². The third-order valence-electron chi connectivity index (χ3n) is 5.27. The number of imidazole rings is 1. The number of aliphatic hydroxyl groups excluding tert-OH is 1. The van der Waals surface area contributed by atoms with E-state index in [2.05, 4.69) is 15.3 Å². The van der Waals surface area contributed by atoms with Crippen LogP contribution in [0, 0.1) is 10.1 Å². The van der Waals surface area contributed by atoms with Gasteiger partial charge in [0.15, 0.2) is 11.2 Å². The lowest BCUT2D eigenvalue weighted by molar-refractivity contribution is -0.384. The van der Waals surface area contributed by atoms with Crippen molar-refractivity contribution in [3.63, 3.8) is 0 Å². The van der Waals surface area contributed by atoms with Crippen LogP contribution < -0.4 is 26.2 Å². The molecule has 170 valence electrons. The van der Waals surface area contributed by atoms with Crippen molar-refractivity contribution in [3.8, 4) is 5.75 Å². The molecule has 1 atom stereocenters. The number of fused-ring (bicyclic) bond motifs is 1. The van der Waals surface area contributed by atoms with Gasteiger partial charge >= 0.3 is 5.69 Å². The summed E-state index contributed by atoms with van der Waals surface area (Å²) in [6.45, 7) is 2.69. The van der Waals surface area contributed by atoms with Crippen LogP contribution in [0.1, 0.15) is 0 Å². The number of nitrogens with one attached hydrogen (secondary N) is 2. The Morgan fingerprint density at radius 1 is 1.25 bits per heavy atom. The number of non-ortho nitro benzene ring substituents is 1. The van der Waals surface area contributed by atoms with E-state index in [4.69, 9.17) is 4.74 Å². The van der Waals surface area contributed by atoms with Gasteiger partial charge in [0, 0.05) is 45.4 Å². The average Bonchev–Trinajstić information content (AvgIpc) is 3.17. The Hall–Kier alpha value is -3.71. The van der Waals surface area contributed by atoms with Crippen molar-refractivity contribution in [2.24, 2.45) is 7.05 Å². The number of aryl methyl sites for hydroxylation is 1. The van der Waals surface area contributed by atoms with Gasteiger partial charge in [-0.05, 0) is 12.1 Å². The molecule has 13 nitrogen and oxygen atoms in total. The summed E-state index contributed by atoms with van der Waals surface area (Å²) in [6.07, 6.45) is -1.01. The molecule has 3 heterocycles. The van der Waals surface area contributed by atoms with E-state index in [0.717, 1.165) is 13.1 Å². The molecule has 1 aliphatic heterocycles. The smallest absolute Gasteiger partial charge is 0.329 e. The van der Waals surface area contributed by atoms with Gasteiger partial charge < -0.3 is 24.6 Å². The number of hydrogen-bond acceptors (Lipinski definition) is 9. The van der Waals surface area contributed by atoms with Crippen LogP contribution in [0.3, 0.4) is 0 Å². The third kappa shape index (κ3) is 4.20. The van der Waals surface area contributed by atoms with Crippen LogP contribution in [0.4, 0.5) is 11.6 Å². The monoisotopic (exact) mass is 445 g/mol. The molecule has 0 amide bonds. The van der Waals surface area contributed by atoms with Crippen molar-refractivity contribution >= 4 is 22.8 Å². The standard InChI is InChI=1S/C19H23N7O6/c1-23-16-15(17(28)22-19(23)29)25(18(21-16)24-8-6-20-7-9-24)10-13(27)11-32-14-4-2-12(3-5-14)26(30)31/h2-5,13,20,27H,6-11H2,1H3,(H,22,28,29)/t13-/m1/s1. The van der Waals surface area contributed by atoms with Crippen LogP contribution in [-0.2, 0) is 13.6 Å². The number of hydrogen-bond donors (Lipinski definition) is 3. The molecule has 1 aliphatic rings. The van der Waals surface area contributed by atoms with Crippen molar-refractivity contribution in [2.75, 3.05) is 37.7 Å². The molecule has 0 bridgehead atoms. The number of nitro benzene ring substituents is 1. The molecule has 3 N–H and O–H groups in total. The van der Waals surface area contributed by atoms with E-state index in [0.29, 0.717) is 24.8 Å². The zero-order chi connectivity index (χ0) is 22.8. The fourth-order valence-corrected chi connectivity index (χ4v) is 3.62. The molecule has 1 aromatic carbocycles. The fourth-order valence-electron chi connectivity index (χ4n) is 3.62. The largest absolute Gasteiger partial charge is 0.491 e. The third-order valence-corrected chi connectivity index (χ3v) is 5.27. The molecular weight excluding hydrogens is 422 g/mol. The zero-order valence-electron chi connectivity index (χ0n) is 17.4. The summed E-state index contributed by atoms with van der Waals surface area (Å²) in [6, 6.07) is 5.52. The number of nitro groups is 1. The lowest BCUT2D eigenvalue weighted by Gasteiger charge is -2.29. The summed E-state index contributed by atoms with van der Waals surface area (Å²) in [5.41, 5.74) is -0.791. The molecule has 1 saturated heterocycles. The molecule has 32 heavy (non-hydrogen) atoms. The quantitative estimate of drug-likeness (QED) is 0.312. The van der Waals surface area contributed by atoms with Gasteiger partial charge in [0.25, 0.3) is 11.2 Å². The van der Waals surface area contributed by atoms with Gasteiger partial charge in [-0.2, -0.15) is 4.98 Å². The van der Waals surface area contributed by atoms with E-state index in [1.807, 2.05) is 4.90 Å². The van der Waals surface area contributed by atoms with Crippen molar-refractivity contribution in [3.05, 3.63) is 55.2 Å². The highest BCUT2D eigenvalue weighted by Gasteiger charge is 2.24. The van der Waals surface area contributed by atoms with E-state index < -0.39 is 22.3 Å². The summed E-state index contributed by atoms with van der Waals surface area (Å²) in [4.78, 5) is 43.7. The SMILES string of the molecule is Cn1c(=O)[nH]c(=O)c2c1nc(N1CCNCC1)n2C[C@@H](O)COc1ccc([N+](=O)[O-])cc1. The van der Waals surface area contributed by atoms with Crippen molar-refractivity contribution in [1.82, 2.24) is 24.4 Å². The van der Waals surface area contributed by atoms with Crippen LogP contribution in [-0.4, -0.2) is 68.0 Å². The summed E-state index contributed by atoms with van der Waals surface area (Å²) >= 11 is 0. The first-order valence-corrected chi connectivity index (χ1v) is 10.1. The van der Waals surface area contributed by atoms with E-state index in [1.54, 1.807) is 4.57 Å². The number of anilines is 1. The highest BCUT2D eigenvalue weighted by atomic mass is 16.6. The van der Waals surface area contributed by atoms with Crippen molar-refractivity contribution < 1.29 is 14.8 Å². The Labute approximate surface area is 181 Å². The van der Waals surface area contributed by atoms with E-state index >= 15 is 0 Å². The molecule has 0 saturated carbocycles. The number of nitrogens with zero attached hydrogens (tertiary/aromatic N) is 5. The summed E-state index contributed by atoms with van der Waals surface area (Å²) in [7, 11) is 1.52. The minimum atomic E-state index is -1.01. The number of aliphatic hydroxyl groups is 1.